The first kappa shape index (κ1) is 37.3. The molecule has 5 amide bonds. The van der Waals surface area contributed by atoms with Gasteiger partial charge >= 0.3 is 0 Å². The lowest BCUT2D eigenvalue weighted by atomic mass is 10.0. The van der Waals surface area contributed by atoms with Crippen LogP contribution in [0, 0.1) is 11.8 Å². The highest BCUT2D eigenvalue weighted by atomic mass is 16.2. The fourth-order valence-electron chi connectivity index (χ4n) is 4.29. The van der Waals surface area contributed by atoms with Gasteiger partial charge in [0.2, 0.25) is 29.5 Å². The fraction of sp³-hybridized carbons (Fsp3) is 0.821. The number of rotatable bonds is 21. The number of likely N-dealkylation sites (N-methyl/N-ethyl adjacent to an activating group) is 1. The van der Waals surface area contributed by atoms with Crippen LogP contribution in [0.1, 0.15) is 92.9 Å². The highest BCUT2D eigenvalue weighted by molar-refractivity contribution is 5.95. The van der Waals surface area contributed by atoms with E-state index in [1.807, 2.05) is 27.7 Å². The zero-order valence-corrected chi connectivity index (χ0v) is 25.4. The van der Waals surface area contributed by atoms with Crippen LogP contribution in [0.15, 0.2) is 0 Å². The van der Waals surface area contributed by atoms with Gasteiger partial charge in [-0.2, -0.15) is 0 Å². The lowest BCUT2D eigenvalue weighted by Crippen LogP contribution is -2.58. The molecule has 0 bridgehead atoms. The van der Waals surface area contributed by atoms with Crippen molar-refractivity contribution in [2.45, 2.75) is 117 Å². The van der Waals surface area contributed by atoms with Crippen LogP contribution in [0.25, 0.3) is 0 Å². The Labute approximate surface area is 240 Å². The molecular formula is C28H55N7O5. The van der Waals surface area contributed by atoms with Crippen molar-refractivity contribution in [1.29, 1.82) is 0 Å². The fourth-order valence-corrected chi connectivity index (χ4v) is 4.29. The van der Waals surface area contributed by atoms with E-state index in [-0.39, 0.29) is 23.7 Å². The molecule has 40 heavy (non-hydrogen) atoms. The summed E-state index contributed by atoms with van der Waals surface area (Å²) in [5.41, 5.74) is 11.3. The Morgan fingerprint density at radius 3 is 1.30 bits per heavy atom. The van der Waals surface area contributed by atoms with E-state index in [1.165, 1.54) is 6.92 Å². The summed E-state index contributed by atoms with van der Waals surface area (Å²) in [5, 5.41) is 13.8. The Morgan fingerprint density at radius 2 is 0.950 bits per heavy atom. The standard InChI is InChI=1S/C28H55N7O5/c1-7-31-25(37)23(16-18(2)3)35-27(39)22(13-9-11-15-30)33-26(38)21(12-8-10-14-29)34-28(40)24(17-19(4)5)32-20(6)36/h18-19,21-24H,7-17,29-30H2,1-6H3,(H,31,37)(H,32,36)(H,33,38)(H,34,40)(H,35,39)/t21-,22-,23-,24-/m0/s1. The van der Waals surface area contributed by atoms with Gasteiger partial charge in [-0.15, -0.1) is 0 Å². The summed E-state index contributed by atoms with van der Waals surface area (Å²) in [7, 11) is 0. The van der Waals surface area contributed by atoms with Crippen molar-refractivity contribution < 1.29 is 24.0 Å². The number of amides is 5. The lowest BCUT2D eigenvalue weighted by Gasteiger charge is -2.27. The molecule has 9 N–H and O–H groups in total. The normalized spacial score (nSPS) is 14.2. The molecule has 0 spiro atoms. The summed E-state index contributed by atoms with van der Waals surface area (Å²) in [6.45, 7) is 12.2. The Bertz CT molecular complexity index is 791. The molecule has 0 fully saturated rings. The maximum Gasteiger partial charge on any atom is 0.243 e. The third-order valence-corrected chi connectivity index (χ3v) is 6.25. The lowest BCUT2D eigenvalue weighted by molar-refractivity contribution is -0.135. The first-order valence-electron chi connectivity index (χ1n) is 14.7. The summed E-state index contributed by atoms with van der Waals surface area (Å²) in [6.07, 6.45) is 3.98. The maximum atomic E-state index is 13.5. The molecule has 0 heterocycles. The molecule has 0 saturated heterocycles. The summed E-state index contributed by atoms with van der Waals surface area (Å²) >= 11 is 0. The van der Waals surface area contributed by atoms with Crippen molar-refractivity contribution in [2.24, 2.45) is 23.3 Å². The summed E-state index contributed by atoms with van der Waals surface area (Å²) < 4.78 is 0. The number of unbranched alkanes of at least 4 members (excludes halogenated alkanes) is 2. The number of hydrogen-bond acceptors (Lipinski definition) is 7. The zero-order valence-electron chi connectivity index (χ0n) is 25.4. The van der Waals surface area contributed by atoms with Crippen molar-refractivity contribution in [3.63, 3.8) is 0 Å². The van der Waals surface area contributed by atoms with Crippen LogP contribution in [0.5, 0.6) is 0 Å². The van der Waals surface area contributed by atoms with E-state index in [0.717, 1.165) is 0 Å². The minimum absolute atomic E-state index is 0.131. The van der Waals surface area contributed by atoms with Gasteiger partial charge in [0, 0.05) is 13.5 Å². The first-order valence-corrected chi connectivity index (χ1v) is 14.7. The molecule has 0 aliphatic heterocycles. The van der Waals surface area contributed by atoms with Crippen molar-refractivity contribution >= 4 is 29.5 Å². The highest BCUT2D eigenvalue weighted by Crippen LogP contribution is 2.10. The summed E-state index contributed by atoms with van der Waals surface area (Å²) in [5.74, 6) is -1.78. The molecule has 0 unspecified atom stereocenters. The van der Waals surface area contributed by atoms with E-state index < -0.39 is 41.9 Å². The number of hydrogen-bond donors (Lipinski definition) is 7. The van der Waals surface area contributed by atoms with E-state index in [2.05, 4.69) is 26.6 Å². The third kappa shape index (κ3) is 16.4. The van der Waals surface area contributed by atoms with Gasteiger partial charge in [0.25, 0.3) is 0 Å². The van der Waals surface area contributed by atoms with Crippen molar-refractivity contribution in [1.82, 2.24) is 26.6 Å². The van der Waals surface area contributed by atoms with Crippen molar-refractivity contribution in [2.75, 3.05) is 19.6 Å². The predicted molar refractivity (Wildman–Crippen MR) is 157 cm³/mol. The Hall–Kier alpha value is -2.73. The molecule has 12 heteroatoms. The Morgan fingerprint density at radius 1 is 0.575 bits per heavy atom. The van der Waals surface area contributed by atoms with Gasteiger partial charge in [-0.3, -0.25) is 24.0 Å². The van der Waals surface area contributed by atoms with Gasteiger partial charge < -0.3 is 38.1 Å². The van der Waals surface area contributed by atoms with Gasteiger partial charge in [-0.25, -0.2) is 0 Å². The van der Waals surface area contributed by atoms with Crippen LogP contribution in [0.4, 0.5) is 0 Å². The van der Waals surface area contributed by atoms with Crippen LogP contribution in [-0.2, 0) is 24.0 Å². The summed E-state index contributed by atoms with van der Waals surface area (Å²) in [6, 6.07) is -3.38. The Balaban J connectivity index is 5.84. The predicted octanol–water partition coefficient (Wildman–Crippen LogP) is 0.432. The van der Waals surface area contributed by atoms with Gasteiger partial charge in [0.15, 0.2) is 0 Å². The molecule has 0 aliphatic carbocycles. The molecule has 0 radical (unpaired) electrons. The molecule has 0 rings (SSSR count). The second-order valence-corrected chi connectivity index (χ2v) is 11.2. The number of nitrogens with two attached hydrogens (primary N) is 2. The third-order valence-electron chi connectivity index (χ3n) is 6.25. The van der Waals surface area contributed by atoms with E-state index >= 15 is 0 Å². The van der Waals surface area contributed by atoms with E-state index in [4.69, 9.17) is 11.5 Å². The number of nitrogens with one attached hydrogen (secondary N) is 5. The second-order valence-electron chi connectivity index (χ2n) is 11.2. The van der Waals surface area contributed by atoms with Gasteiger partial charge in [0.05, 0.1) is 0 Å². The molecule has 0 aliphatic rings. The highest BCUT2D eigenvalue weighted by Gasteiger charge is 2.31. The Kier molecular flexibility index (Phi) is 19.6. The van der Waals surface area contributed by atoms with Gasteiger partial charge in [-0.05, 0) is 83.2 Å². The zero-order chi connectivity index (χ0) is 30.7. The molecule has 0 aromatic rings. The molecule has 0 aromatic heterocycles. The topological polar surface area (TPSA) is 198 Å². The van der Waals surface area contributed by atoms with E-state index in [9.17, 15) is 24.0 Å². The second kappa shape index (κ2) is 21.1. The molecule has 232 valence electrons. The largest absolute Gasteiger partial charge is 0.355 e. The minimum atomic E-state index is -0.929. The molecular weight excluding hydrogens is 514 g/mol. The van der Waals surface area contributed by atoms with Gasteiger partial charge in [0.1, 0.15) is 24.2 Å². The van der Waals surface area contributed by atoms with E-state index in [0.29, 0.717) is 71.0 Å². The van der Waals surface area contributed by atoms with Crippen molar-refractivity contribution in [3.05, 3.63) is 0 Å². The van der Waals surface area contributed by atoms with Crippen LogP contribution < -0.4 is 38.1 Å². The smallest absolute Gasteiger partial charge is 0.243 e. The van der Waals surface area contributed by atoms with Crippen LogP contribution >= 0.6 is 0 Å². The molecule has 0 saturated carbocycles. The maximum absolute atomic E-state index is 13.5. The minimum Gasteiger partial charge on any atom is -0.355 e. The summed E-state index contributed by atoms with van der Waals surface area (Å²) in [4.78, 5) is 64.2. The average Bonchev–Trinajstić information content (AvgIpc) is 2.86. The average molecular weight is 570 g/mol. The van der Waals surface area contributed by atoms with Crippen LogP contribution in [-0.4, -0.2) is 73.3 Å². The van der Waals surface area contributed by atoms with Crippen LogP contribution in [0.3, 0.4) is 0 Å². The van der Waals surface area contributed by atoms with Crippen molar-refractivity contribution in [3.8, 4) is 0 Å². The molecule has 12 nitrogen and oxygen atoms in total. The first-order chi connectivity index (χ1) is 18.9. The SMILES string of the molecule is CCNC(=O)[C@H](CC(C)C)NC(=O)[C@H](CCCCN)NC(=O)[C@H](CCCCN)NC(=O)[C@H](CC(C)C)NC(C)=O. The monoisotopic (exact) mass is 569 g/mol. The molecule has 4 atom stereocenters. The molecule has 0 aromatic carbocycles. The van der Waals surface area contributed by atoms with Gasteiger partial charge in [-0.1, -0.05) is 27.7 Å². The number of carbonyl (C=O) groups is 5. The van der Waals surface area contributed by atoms with E-state index in [1.54, 1.807) is 6.92 Å². The number of carbonyl (C=O) groups excluding carboxylic acids is 5. The van der Waals surface area contributed by atoms with Crippen LogP contribution in [0.2, 0.25) is 0 Å². The quantitative estimate of drug-likeness (QED) is 0.0972.